The van der Waals surface area contributed by atoms with Gasteiger partial charge < -0.3 is 31.0 Å². The lowest BCUT2D eigenvalue weighted by Crippen LogP contribution is -2.44. The Hall–Kier alpha value is -4.41. The molecule has 0 aliphatic carbocycles. The number of carbonyl (C=O) groups excluding carboxylic acids is 2. The first-order valence-electron chi connectivity index (χ1n) is 11.8. The van der Waals surface area contributed by atoms with Gasteiger partial charge in [0.25, 0.3) is 5.56 Å². The summed E-state index contributed by atoms with van der Waals surface area (Å²) in [4.78, 5) is 55.8. The number of pyridine rings is 1. The number of allylic oxidation sites excluding steroid dienone is 1. The van der Waals surface area contributed by atoms with E-state index in [2.05, 4.69) is 36.4 Å². The molecule has 1 aromatic carbocycles. The molecule has 3 rings (SSSR count). The lowest BCUT2D eigenvalue weighted by molar-refractivity contribution is -0.118. The number of carbonyl (C=O) groups is 3. The monoisotopic (exact) mass is 508 g/mol. The zero-order valence-corrected chi connectivity index (χ0v) is 21.1. The third-order valence-corrected chi connectivity index (χ3v) is 5.48. The van der Waals surface area contributed by atoms with E-state index in [4.69, 9.17) is 15.8 Å². The van der Waals surface area contributed by atoms with Crippen LogP contribution in [0, 0.1) is 5.41 Å². The number of primary amides is 1. The van der Waals surface area contributed by atoms with Gasteiger partial charge in [0.05, 0.1) is 17.6 Å². The third-order valence-electron chi connectivity index (χ3n) is 5.48. The summed E-state index contributed by atoms with van der Waals surface area (Å²) in [6.07, 6.45) is 3.92. The molecule has 0 saturated heterocycles. The van der Waals surface area contributed by atoms with Crippen molar-refractivity contribution in [1.29, 1.82) is 0 Å². The van der Waals surface area contributed by atoms with Crippen molar-refractivity contribution in [2.24, 2.45) is 11.1 Å². The maximum absolute atomic E-state index is 13.1. The average molecular weight is 509 g/mol. The number of H-pyrrole nitrogens is 1. The number of nitrogens with zero attached hydrogens (tertiary/aromatic N) is 2. The SMILES string of the molecule is CC(C)(C)Cc1cccc2[nH]c(Cn3cccc(NC(=O)[C@H](CC/C=C/C(N)=O)NC(=O)O)c3=O)nc12. The van der Waals surface area contributed by atoms with Crippen molar-refractivity contribution >= 4 is 34.6 Å². The predicted molar refractivity (Wildman–Crippen MR) is 140 cm³/mol. The van der Waals surface area contributed by atoms with Crippen LogP contribution in [0.3, 0.4) is 0 Å². The van der Waals surface area contributed by atoms with Gasteiger partial charge in [0.1, 0.15) is 17.6 Å². The van der Waals surface area contributed by atoms with Crippen LogP contribution < -0.4 is 21.9 Å². The van der Waals surface area contributed by atoms with E-state index < -0.39 is 29.5 Å². The quantitative estimate of drug-likeness (QED) is 0.263. The molecule has 0 aliphatic heterocycles. The molecule has 0 saturated carbocycles. The van der Waals surface area contributed by atoms with Crippen molar-refractivity contribution in [2.75, 3.05) is 5.32 Å². The second-order valence-corrected chi connectivity index (χ2v) is 9.96. The van der Waals surface area contributed by atoms with Gasteiger partial charge in [-0.05, 0) is 54.5 Å². The number of nitrogens with one attached hydrogen (secondary N) is 3. The van der Waals surface area contributed by atoms with Gasteiger partial charge in [-0.25, -0.2) is 9.78 Å². The molecular weight excluding hydrogens is 476 g/mol. The van der Waals surface area contributed by atoms with Gasteiger partial charge in [-0.2, -0.15) is 0 Å². The molecule has 3 aromatic rings. The van der Waals surface area contributed by atoms with Crippen LogP contribution in [0.2, 0.25) is 0 Å². The minimum atomic E-state index is -1.39. The van der Waals surface area contributed by atoms with E-state index in [1.54, 1.807) is 12.3 Å². The number of anilines is 1. The van der Waals surface area contributed by atoms with Crippen LogP contribution in [0.1, 0.15) is 45.0 Å². The maximum atomic E-state index is 13.1. The molecule has 2 aromatic heterocycles. The number of nitrogens with two attached hydrogens (primary N) is 1. The second kappa shape index (κ2) is 11.5. The largest absolute Gasteiger partial charge is 0.465 e. The highest BCUT2D eigenvalue weighted by atomic mass is 16.4. The van der Waals surface area contributed by atoms with Crippen molar-refractivity contribution in [3.05, 3.63) is 70.4 Å². The number of benzene rings is 1. The molecule has 11 heteroatoms. The van der Waals surface area contributed by atoms with Crippen LogP contribution in [0.5, 0.6) is 0 Å². The standard InChI is InChI=1S/C26H32N6O5/c1-26(2,3)14-16-8-6-10-17-22(16)31-21(28-17)15-32-13-7-11-19(24(32)35)29-23(34)18(30-25(36)37)9-4-5-12-20(27)33/h5-8,10-13,18,30H,4,9,14-15H2,1-3H3,(H2,27,33)(H,28,31)(H,29,34)(H,36,37)/b12-5+/t18-/m0/s1. The Morgan fingerprint density at radius 3 is 2.65 bits per heavy atom. The lowest BCUT2D eigenvalue weighted by Gasteiger charge is -2.18. The number of imidazole rings is 1. The highest BCUT2D eigenvalue weighted by molar-refractivity contribution is 5.96. The van der Waals surface area contributed by atoms with Crippen LogP contribution in [-0.4, -0.2) is 43.6 Å². The summed E-state index contributed by atoms with van der Waals surface area (Å²) in [6.45, 7) is 6.63. The molecule has 0 unspecified atom stereocenters. The molecule has 0 fully saturated rings. The van der Waals surface area contributed by atoms with Gasteiger partial charge in [-0.1, -0.05) is 39.0 Å². The zero-order chi connectivity index (χ0) is 27.2. The first kappa shape index (κ1) is 27.2. The number of hydrogen-bond donors (Lipinski definition) is 5. The van der Waals surface area contributed by atoms with Crippen molar-refractivity contribution in [1.82, 2.24) is 19.9 Å². The van der Waals surface area contributed by atoms with Gasteiger partial charge >= 0.3 is 6.09 Å². The van der Waals surface area contributed by atoms with Gasteiger partial charge in [-0.15, -0.1) is 0 Å². The summed E-state index contributed by atoms with van der Waals surface area (Å²) in [5, 5.41) is 13.7. The Labute approximate surface area is 213 Å². The molecule has 37 heavy (non-hydrogen) atoms. The van der Waals surface area contributed by atoms with E-state index in [0.29, 0.717) is 5.82 Å². The fraction of sp³-hybridized carbons (Fsp3) is 0.346. The molecule has 0 aliphatic rings. The van der Waals surface area contributed by atoms with Crippen molar-refractivity contribution < 1.29 is 19.5 Å². The third kappa shape index (κ3) is 7.79. The second-order valence-electron chi connectivity index (χ2n) is 9.96. The highest BCUT2D eigenvalue weighted by Crippen LogP contribution is 2.25. The van der Waals surface area contributed by atoms with Crippen LogP contribution in [0.4, 0.5) is 10.5 Å². The Balaban J connectivity index is 1.78. The van der Waals surface area contributed by atoms with Crippen LogP contribution >= 0.6 is 0 Å². The molecule has 0 spiro atoms. The van der Waals surface area contributed by atoms with E-state index >= 15 is 0 Å². The summed E-state index contributed by atoms with van der Waals surface area (Å²) in [6, 6.07) is 7.87. The zero-order valence-electron chi connectivity index (χ0n) is 21.1. The average Bonchev–Trinajstić information content (AvgIpc) is 3.21. The Bertz CT molecular complexity index is 1380. The van der Waals surface area contributed by atoms with Gasteiger partial charge in [0.2, 0.25) is 11.8 Å². The number of hydrogen-bond acceptors (Lipinski definition) is 5. The first-order valence-corrected chi connectivity index (χ1v) is 11.8. The molecule has 3 amide bonds. The predicted octanol–water partition coefficient (Wildman–Crippen LogP) is 2.76. The molecular formula is C26H32N6O5. The Morgan fingerprint density at radius 1 is 1.22 bits per heavy atom. The van der Waals surface area contributed by atoms with Crippen molar-refractivity contribution in [2.45, 2.75) is 52.6 Å². The van der Waals surface area contributed by atoms with E-state index in [-0.39, 0.29) is 30.5 Å². The lowest BCUT2D eigenvalue weighted by atomic mass is 9.88. The highest BCUT2D eigenvalue weighted by Gasteiger charge is 2.21. The smallest absolute Gasteiger partial charge is 0.405 e. The number of para-hydroxylation sites is 1. The summed E-state index contributed by atoms with van der Waals surface area (Å²) < 4.78 is 1.41. The summed E-state index contributed by atoms with van der Waals surface area (Å²) in [5.74, 6) is -0.749. The summed E-state index contributed by atoms with van der Waals surface area (Å²) >= 11 is 0. The molecule has 1 atom stereocenters. The van der Waals surface area contributed by atoms with Gasteiger partial charge in [-0.3, -0.25) is 14.4 Å². The molecule has 0 radical (unpaired) electrons. The van der Waals surface area contributed by atoms with Crippen molar-refractivity contribution in [3.8, 4) is 0 Å². The minimum Gasteiger partial charge on any atom is -0.465 e. The fourth-order valence-electron chi connectivity index (χ4n) is 3.95. The van der Waals surface area contributed by atoms with Crippen LogP contribution in [0.25, 0.3) is 11.0 Å². The number of aromatic amines is 1. The van der Waals surface area contributed by atoms with Crippen LogP contribution in [-0.2, 0) is 22.6 Å². The minimum absolute atomic E-state index is 0.00176. The van der Waals surface area contributed by atoms with Gasteiger partial charge in [0.15, 0.2) is 0 Å². The number of aromatic nitrogens is 3. The number of fused-ring (bicyclic) bond motifs is 1. The number of amides is 3. The number of rotatable bonds is 10. The molecule has 196 valence electrons. The van der Waals surface area contributed by atoms with E-state index in [9.17, 15) is 19.2 Å². The molecule has 0 bridgehead atoms. The fourth-order valence-corrected chi connectivity index (χ4v) is 3.95. The molecule has 11 nitrogen and oxygen atoms in total. The maximum Gasteiger partial charge on any atom is 0.405 e. The number of carboxylic acid groups (broad SMARTS) is 1. The van der Waals surface area contributed by atoms with E-state index in [1.165, 1.54) is 16.7 Å². The van der Waals surface area contributed by atoms with Gasteiger partial charge in [0, 0.05) is 6.20 Å². The molecule has 2 heterocycles. The van der Waals surface area contributed by atoms with Crippen molar-refractivity contribution in [3.63, 3.8) is 0 Å². The normalized spacial score (nSPS) is 12.5. The summed E-state index contributed by atoms with van der Waals surface area (Å²) in [7, 11) is 0. The Kier molecular flexibility index (Phi) is 8.49. The Morgan fingerprint density at radius 2 is 1.97 bits per heavy atom. The van der Waals surface area contributed by atoms with E-state index in [0.717, 1.165) is 29.1 Å². The molecule has 6 N–H and O–H groups in total. The summed E-state index contributed by atoms with van der Waals surface area (Å²) in [5.41, 5.74) is 7.51. The first-order chi connectivity index (χ1) is 17.4. The van der Waals surface area contributed by atoms with E-state index in [1.807, 2.05) is 18.2 Å². The van der Waals surface area contributed by atoms with Crippen LogP contribution in [0.15, 0.2) is 53.5 Å². The topological polar surface area (TPSA) is 172 Å².